The molecule has 1 aromatic heterocycles. The van der Waals surface area contributed by atoms with Crippen LogP contribution in [0.3, 0.4) is 0 Å². The van der Waals surface area contributed by atoms with Gasteiger partial charge in [-0.25, -0.2) is 9.37 Å². The average molecular weight is 287 g/mol. The Bertz CT molecular complexity index is 596. The van der Waals surface area contributed by atoms with Gasteiger partial charge in [-0.15, -0.1) is 0 Å². The van der Waals surface area contributed by atoms with E-state index in [0.717, 1.165) is 11.1 Å². The Morgan fingerprint density at radius 3 is 2.57 bits per heavy atom. The summed E-state index contributed by atoms with van der Waals surface area (Å²) in [5.41, 5.74) is 2.00. The van der Waals surface area contributed by atoms with Crippen LogP contribution in [0.25, 0.3) is 0 Å². The van der Waals surface area contributed by atoms with Crippen LogP contribution >= 0.6 is 0 Å². The van der Waals surface area contributed by atoms with Gasteiger partial charge < -0.3 is 5.32 Å². The number of rotatable bonds is 5. The second kappa shape index (κ2) is 6.95. The molecule has 0 saturated carbocycles. The Hall–Kier alpha value is -2.27. The molecule has 0 spiro atoms. The van der Waals surface area contributed by atoms with Crippen molar-refractivity contribution in [3.05, 3.63) is 59.5 Å². The topological polar surface area (TPSA) is 45.2 Å². The minimum atomic E-state index is -0.260. The molecule has 2 aromatic rings. The SMILES string of the molecule is Cc1ccc(NC(=O)CN(C)Cc2ccc(F)cc2)nc1. The minimum Gasteiger partial charge on any atom is -0.310 e. The van der Waals surface area contributed by atoms with Gasteiger partial charge in [-0.3, -0.25) is 9.69 Å². The van der Waals surface area contributed by atoms with Crippen molar-refractivity contribution in [1.29, 1.82) is 0 Å². The highest BCUT2D eigenvalue weighted by Crippen LogP contribution is 2.06. The van der Waals surface area contributed by atoms with Crippen LogP contribution in [0.4, 0.5) is 10.2 Å². The fourth-order valence-electron chi connectivity index (χ4n) is 1.93. The van der Waals surface area contributed by atoms with E-state index in [1.807, 2.05) is 24.9 Å². The van der Waals surface area contributed by atoms with Crippen LogP contribution in [0, 0.1) is 12.7 Å². The summed E-state index contributed by atoms with van der Waals surface area (Å²) in [6.07, 6.45) is 1.71. The van der Waals surface area contributed by atoms with Crippen molar-refractivity contribution < 1.29 is 9.18 Å². The molecule has 0 saturated heterocycles. The number of carbonyl (C=O) groups excluding carboxylic acids is 1. The number of anilines is 1. The first kappa shape index (κ1) is 15.1. The maximum Gasteiger partial charge on any atom is 0.239 e. The van der Waals surface area contributed by atoms with Gasteiger partial charge >= 0.3 is 0 Å². The van der Waals surface area contributed by atoms with Crippen LogP contribution < -0.4 is 5.32 Å². The van der Waals surface area contributed by atoms with Crippen molar-refractivity contribution in [3.63, 3.8) is 0 Å². The molecule has 110 valence electrons. The quantitative estimate of drug-likeness (QED) is 0.919. The number of pyridine rings is 1. The van der Waals surface area contributed by atoms with E-state index >= 15 is 0 Å². The third-order valence-corrected chi connectivity index (χ3v) is 2.96. The molecule has 0 atom stereocenters. The van der Waals surface area contributed by atoms with Gasteiger partial charge in [-0.05, 0) is 43.3 Å². The molecule has 2 rings (SSSR count). The zero-order valence-electron chi connectivity index (χ0n) is 12.1. The highest BCUT2D eigenvalue weighted by molar-refractivity contribution is 5.91. The number of aryl methyl sites for hydroxylation is 1. The van der Waals surface area contributed by atoms with E-state index in [4.69, 9.17) is 0 Å². The van der Waals surface area contributed by atoms with Crippen LogP contribution in [0.15, 0.2) is 42.6 Å². The number of nitrogens with one attached hydrogen (secondary N) is 1. The maximum absolute atomic E-state index is 12.8. The Balaban J connectivity index is 1.84. The standard InChI is InChI=1S/C16H18FN3O/c1-12-3-8-15(18-9-12)19-16(21)11-20(2)10-13-4-6-14(17)7-5-13/h3-9H,10-11H2,1-2H3,(H,18,19,21). The van der Waals surface area contributed by atoms with Gasteiger partial charge in [0.1, 0.15) is 11.6 Å². The number of aromatic nitrogens is 1. The Kier molecular flexibility index (Phi) is 5.00. The normalized spacial score (nSPS) is 10.7. The van der Waals surface area contributed by atoms with Gasteiger partial charge in [0.2, 0.25) is 5.91 Å². The monoisotopic (exact) mass is 287 g/mol. The summed E-state index contributed by atoms with van der Waals surface area (Å²) in [4.78, 5) is 17.9. The molecular formula is C16H18FN3O. The molecule has 1 N–H and O–H groups in total. The lowest BCUT2D eigenvalue weighted by molar-refractivity contribution is -0.117. The van der Waals surface area contributed by atoms with E-state index in [2.05, 4.69) is 10.3 Å². The molecule has 0 aliphatic heterocycles. The summed E-state index contributed by atoms with van der Waals surface area (Å²) in [7, 11) is 1.84. The van der Waals surface area contributed by atoms with E-state index in [9.17, 15) is 9.18 Å². The number of hydrogen-bond donors (Lipinski definition) is 1. The number of hydrogen-bond acceptors (Lipinski definition) is 3. The van der Waals surface area contributed by atoms with Crippen molar-refractivity contribution in [2.75, 3.05) is 18.9 Å². The van der Waals surface area contributed by atoms with Gasteiger partial charge in [0.25, 0.3) is 0 Å². The van der Waals surface area contributed by atoms with E-state index in [1.54, 1.807) is 24.4 Å². The molecule has 0 fully saturated rings. The number of amides is 1. The van der Waals surface area contributed by atoms with E-state index in [1.165, 1.54) is 12.1 Å². The van der Waals surface area contributed by atoms with Crippen molar-refractivity contribution in [2.45, 2.75) is 13.5 Å². The number of likely N-dealkylation sites (N-methyl/N-ethyl adjacent to an activating group) is 1. The third-order valence-electron chi connectivity index (χ3n) is 2.96. The van der Waals surface area contributed by atoms with E-state index in [0.29, 0.717) is 12.4 Å². The highest BCUT2D eigenvalue weighted by atomic mass is 19.1. The van der Waals surface area contributed by atoms with Crippen molar-refractivity contribution in [1.82, 2.24) is 9.88 Å². The second-order valence-corrected chi connectivity index (χ2v) is 5.07. The Labute approximate surface area is 123 Å². The molecule has 0 bridgehead atoms. The Morgan fingerprint density at radius 1 is 1.24 bits per heavy atom. The number of halogens is 1. The lowest BCUT2D eigenvalue weighted by Crippen LogP contribution is -2.30. The van der Waals surface area contributed by atoms with Crippen LogP contribution in [-0.2, 0) is 11.3 Å². The highest BCUT2D eigenvalue weighted by Gasteiger charge is 2.08. The minimum absolute atomic E-state index is 0.129. The van der Waals surface area contributed by atoms with Crippen molar-refractivity contribution in [3.8, 4) is 0 Å². The lowest BCUT2D eigenvalue weighted by atomic mass is 10.2. The Morgan fingerprint density at radius 2 is 1.95 bits per heavy atom. The predicted molar refractivity (Wildman–Crippen MR) is 80.3 cm³/mol. The van der Waals surface area contributed by atoms with Crippen LogP contribution in [0.5, 0.6) is 0 Å². The molecule has 0 aliphatic carbocycles. The molecule has 0 aliphatic rings. The molecule has 0 radical (unpaired) electrons. The largest absolute Gasteiger partial charge is 0.310 e. The maximum atomic E-state index is 12.8. The molecule has 4 nitrogen and oxygen atoms in total. The molecule has 1 heterocycles. The first-order valence-corrected chi connectivity index (χ1v) is 6.68. The van der Waals surface area contributed by atoms with Gasteiger partial charge in [-0.2, -0.15) is 0 Å². The summed E-state index contributed by atoms with van der Waals surface area (Å²) in [6.45, 7) is 2.76. The van der Waals surface area contributed by atoms with Gasteiger partial charge in [-0.1, -0.05) is 18.2 Å². The summed E-state index contributed by atoms with van der Waals surface area (Å²) >= 11 is 0. The van der Waals surface area contributed by atoms with Gasteiger partial charge in [0, 0.05) is 12.7 Å². The first-order chi connectivity index (χ1) is 10.0. The number of nitrogens with zero attached hydrogens (tertiary/aromatic N) is 2. The molecule has 1 aromatic carbocycles. The van der Waals surface area contributed by atoms with Crippen molar-refractivity contribution >= 4 is 11.7 Å². The average Bonchev–Trinajstić information content (AvgIpc) is 2.44. The van der Waals surface area contributed by atoms with Crippen LogP contribution in [0.1, 0.15) is 11.1 Å². The summed E-state index contributed by atoms with van der Waals surface area (Å²) < 4.78 is 12.8. The lowest BCUT2D eigenvalue weighted by Gasteiger charge is -2.16. The molecule has 0 unspecified atom stereocenters. The zero-order chi connectivity index (χ0) is 15.2. The van der Waals surface area contributed by atoms with E-state index < -0.39 is 0 Å². The third kappa shape index (κ3) is 4.96. The summed E-state index contributed by atoms with van der Waals surface area (Å²) in [5.74, 6) is 0.154. The van der Waals surface area contributed by atoms with Gasteiger partial charge in [0.05, 0.1) is 6.54 Å². The fourth-order valence-corrected chi connectivity index (χ4v) is 1.93. The van der Waals surface area contributed by atoms with Crippen molar-refractivity contribution in [2.24, 2.45) is 0 Å². The van der Waals surface area contributed by atoms with E-state index in [-0.39, 0.29) is 18.3 Å². The zero-order valence-corrected chi connectivity index (χ0v) is 12.1. The molecule has 1 amide bonds. The second-order valence-electron chi connectivity index (χ2n) is 5.07. The smallest absolute Gasteiger partial charge is 0.239 e. The van der Waals surface area contributed by atoms with Crippen LogP contribution in [-0.4, -0.2) is 29.4 Å². The molecular weight excluding hydrogens is 269 g/mol. The summed E-state index contributed by atoms with van der Waals surface area (Å²) in [5, 5.41) is 2.74. The number of benzene rings is 1. The molecule has 21 heavy (non-hydrogen) atoms. The first-order valence-electron chi connectivity index (χ1n) is 6.68. The van der Waals surface area contributed by atoms with Crippen LogP contribution in [0.2, 0.25) is 0 Å². The predicted octanol–water partition coefficient (Wildman–Crippen LogP) is 2.60. The van der Waals surface area contributed by atoms with Gasteiger partial charge in [0.15, 0.2) is 0 Å². The molecule has 5 heteroatoms. The number of carbonyl (C=O) groups is 1. The fraction of sp³-hybridized carbons (Fsp3) is 0.250. The summed E-state index contributed by atoms with van der Waals surface area (Å²) in [6, 6.07) is 9.92.